The summed E-state index contributed by atoms with van der Waals surface area (Å²) in [4.78, 5) is 0. The summed E-state index contributed by atoms with van der Waals surface area (Å²) in [5, 5.41) is 0.891. The highest BCUT2D eigenvalue weighted by Crippen LogP contribution is 2.42. The number of halogens is 3. The summed E-state index contributed by atoms with van der Waals surface area (Å²) in [6.07, 6.45) is 0.539. The minimum atomic E-state index is -1.94. The van der Waals surface area contributed by atoms with Crippen LogP contribution in [0, 0.1) is 5.82 Å². The van der Waals surface area contributed by atoms with Gasteiger partial charge in [-0.3, -0.25) is 0 Å². The maximum absolute atomic E-state index is 14.2. The van der Waals surface area contributed by atoms with Crippen LogP contribution in [-0.2, 0) is 4.43 Å². The largest absolute Gasteiger partial charge is 0.410 e. The lowest BCUT2D eigenvalue weighted by Gasteiger charge is -2.39. The van der Waals surface area contributed by atoms with Gasteiger partial charge in [-0.25, -0.2) is 4.39 Å². The summed E-state index contributed by atoms with van der Waals surface area (Å²) < 4.78 is 21.4. The highest BCUT2D eigenvalue weighted by atomic mass is 79.9. The van der Waals surface area contributed by atoms with E-state index >= 15 is 0 Å². The van der Waals surface area contributed by atoms with Crippen LogP contribution < -0.4 is 0 Å². The van der Waals surface area contributed by atoms with Gasteiger partial charge in [-0.1, -0.05) is 58.7 Å². The molecule has 0 aliphatic carbocycles. The smallest absolute Gasteiger partial charge is 0.192 e. The Balaban J connectivity index is 3.13. The van der Waals surface area contributed by atoms with Crippen LogP contribution in [0.25, 0.3) is 0 Å². The van der Waals surface area contributed by atoms with Crippen molar-refractivity contribution < 1.29 is 8.82 Å². The molecule has 1 aromatic rings. The lowest BCUT2D eigenvalue weighted by molar-refractivity contribution is 0.175. The van der Waals surface area contributed by atoms with Crippen molar-refractivity contribution in [2.75, 3.05) is 5.33 Å². The van der Waals surface area contributed by atoms with Crippen molar-refractivity contribution in [3.05, 3.63) is 34.1 Å². The number of rotatable bonds is 5. The molecular weight excluding hydrogens is 403 g/mol. The third-order valence-electron chi connectivity index (χ3n) is 3.94. The molecule has 1 aromatic carbocycles. The molecule has 114 valence electrons. The molecule has 0 aliphatic heterocycles. The highest BCUT2D eigenvalue weighted by molar-refractivity contribution is 9.10. The topological polar surface area (TPSA) is 9.23 Å². The Morgan fingerprint density at radius 1 is 1.30 bits per heavy atom. The van der Waals surface area contributed by atoms with Gasteiger partial charge in [-0.05, 0) is 36.7 Å². The highest BCUT2D eigenvalue weighted by Gasteiger charge is 2.40. The van der Waals surface area contributed by atoms with Crippen molar-refractivity contribution in [3.63, 3.8) is 0 Å². The average molecular weight is 426 g/mol. The lowest BCUT2D eigenvalue weighted by atomic mass is 10.1. The SMILES string of the molecule is CC(C)(C)[Si](C)(C)OC(CCBr)c1c(F)cccc1Br. The predicted molar refractivity (Wildman–Crippen MR) is 93.5 cm³/mol. The van der Waals surface area contributed by atoms with Crippen molar-refractivity contribution in [2.24, 2.45) is 0 Å². The van der Waals surface area contributed by atoms with E-state index in [1.165, 1.54) is 6.07 Å². The van der Waals surface area contributed by atoms with Crippen LogP contribution in [0.4, 0.5) is 4.39 Å². The molecule has 0 aromatic heterocycles. The summed E-state index contributed by atoms with van der Waals surface area (Å²) in [5.41, 5.74) is 0.636. The van der Waals surface area contributed by atoms with Crippen LogP contribution in [-0.4, -0.2) is 13.6 Å². The zero-order valence-electron chi connectivity index (χ0n) is 12.8. The summed E-state index contributed by atoms with van der Waals surface area (Å²) in [6.45, 7) is 11.0. The maximum Gasteiger partial charge on any atom is 0.192 e. The van der Waals surface area contributed by atoms with E-state index in [0.29, 0.717) is 5.56 Å². The Morgan fingerprint density at radius 3 is 2.35 bits per heavy atom. The molecule has 0 spiro atoms. The van der Waals surface area contributed by atoms with Crippen LogP contribution in [0.15, 0.2) is 22.7 Å². The van der Waals surface area contributed by atoms with Gasteiger partial charge in [0.05, 0.1) is 6.10 Å². The van der Waals surface area contributed by atoms with E-state index in [0.717, 1.165) is 16.2 Å². The molecule has 0 saturated heterocycles. The fourth-order valence-electron chi connectivity index (χ4n) is 1.71. The molecule has 5 heteroatoms. The summed E-state index contributed by atoms with van der Waals surface area (Å²) in [6, 6.07) is 5.07. The maximum atomic E-state index is 14.2. The Bertz CT molecular complexity index is 437. The monoisotopic (exact) mass is 424 g/mol. The van der Waals surface area contributed by atoms with Crippen molar-refractivity contribution >= 4 is 40.2 Å². The molecule has 1 unspecified atom stereocenters. The molecule has 0 aliphatic rings. The number of hydrogen-bond acceptors (Lipinski definition) is 1. The fraction of sp³-hybridized carbons (Fsp3) is 0.600. The minimum absolute atomic E-state index is 0.106. The van der Waals surface area contributed by atoms with Gasteiger partial charge in [0.25, 0.3) is 0 Å². The third kappa shape index (κ3) is 4.39. The van der Waals surface area contributed by atoms with Gasteiger partial charge in [0.2, 0.25) is 0 Å². The molecule has 20 heavy (non-hydrogen) atoms. The first-order valence-corrected chi connectivity index (χ1v) is 11.6. The molecule has 0 N–H and O–H groups in total. The van der Waals surface area contributed by atoms with Crippen LogP contribution >= 0.6 is 31.9 Å². The minimum Gasteiger partial charge on any atom is -0.410 e. The van der Waals surface area contributed by atoms with E-state index in [2.05, 4.69) is 65.7 Å². The second kappa shape index (κ2) is 7.03. The Kier molecular flexibility index (Phi) is 6.45. The lowest BCUT2D eigenvalue weighted by Crippen LogP contribution is -2.42. The van der Waals surface area contributed by atoms with Crippen molar-refractivity contribution in [3.8, 4) is 0 Å². The normalized spacial score (nSPS) is 14.4. The van der Waals surface area contributed by atoms with Gasteiger partial charge in [-0.2, -0.15) is 0 Å². The van der Waals surface area contributed by atoms with Gasteiger partial charge >= 0.3 is 0 Å². The van der Waals surface area contributed by atoms with Gasteiger partial charge in [-0.15, -0.1) is 0 Å². The second-order valence-corrected chi connectivity index (χ2v) is 12.9. The molecule has 0 radical (unpaired) electrons. The number of alkyl halides is 1. The Labute approximate surface area is 139 Å². The van der Waals surface area contributed by atoms with E-state index in [1.807, 2.05) is 6.07 Å². The fourth-order valence-corrected chi connectivity index (χ4v) is 4.03. The first-order chi connectivity index (χ1) is 9.10. The van der Waals surface area contributed by atoms with E-state index < -0.39 is 8.32 Å². The van der Waals surface area contributed by atoms with E-state index in [1.54, 1.807) is 6.07 Å². The summed E-state index contributed by atoms with van der Waals surface area (Å²) >= 11 is 6.91. The summed E-state index contributed by atoms with van der Waals surface area (Å²) in [7, 11) is -1.94. The van der Waals surface area contributed by atoms with E-state index in [9.17, 15) is 4.39 Å². The van der Waals surface area contributed by atoms with Gasteiger partial charge in [0.15, 0.2) is 8.32 Å². The van der Waals surface area contributed by atoms with Crippen LogP contribution in [0.5, 0.6) is 0 Å². The molecule has 0 heterocycles. The van der Waals surface area contributed by atoms with E-state index in [4.69, 9.17) is 4.43 Å². The molecule has 1 nitrogen and oxygen atoms in total. The second-order valence-electron chi connectivity index (χ2n) is 6.48. The quantitative estimate of drug-likeness (QED) is 0.389. The van der Waals surface area contributed by atoms with Gasteiger partial charge < -0.3 is 4.43 Å². The number of benzene rings is 1. The molecular formula is C15H23Br2FOSi. The van der Waals surface area contributed by atoms with Crippen molar-refractivity contribution in [2.45, 2.75) is 51.4 Å². The molecule has 1 atom stereocenters. The van der Waals surface area contributed by atoms with Crippen LogP contribution in [0.3, 0.4) is 0 Å². The summed E-state index contributed by atoms with van der Waals surface area (Å²) in [5.74, 6) is -0.205. The molecule has 0 bridgehead atoms. The first-order valence-electron chi connectivity index (χ1n) is 6.78. The van der Waals surface area contributed by atoms with Crippen molar-refractivity contribution in [1.82, 2.24) is 0 Å². The first kappa shape index (κ1) is 18.3. The van der Waals surface area contributed by atoms with Gasteiger partial charge in [0.1, 0.15) is 5.82 Å². The Morgan fingerprint density at radius 2 is 1.90 bits per heavy atom. The molecule has 0 fully saturated rings. The molecule has 1 rings (SSSR count). The van der Waals surface area contributed by atoms with Crippen LogP contribution in [0.2, 0.25) is 18.1 Å². The van der Waals surface area contributed by atoms with Crippen molar-refractivity contribution in [1.29, 1.82) is 0 Å². The van der Waals surface area contributed by atoms with E-state index in [-0.39, 0.29) is 17.0 Å². The molecule has 0 saturated carbocycles. The zero-order valence-corrected chi connectivity index (χ0v) is 16.9. The van der Waals surface area contributed by atoms with Gasteiger partial charge in [0, 0.05) is 15.4 Å². The predicted octanol–water partition coefficient (Wildman–Crippen LogP) is 6.44. The molecule has 0 amide bonds. The third-order valence-corrected chi connectivity index (χ3v) is 9.57. The standard InChI is InChI=1S/C15H23Br2FOSi/c1-15(2,3)20(4,5)19-13(9-10-16)14-11(17)7-6-8-12(14)18/h6-8,13H,9-10H2,1-5H3. The Hall–Kier alpha value is 0.287. The zero-order chi connectivity index (χ0) is 15.6. The van der Waals surface area contributed by atoms with Crippen LogP contribution in [0.1, 0.15) is 38.9 Å². The number of hydrogen-bond donors (Lipinski definition) is 0. The average Bonchev–Trinajstić information content (AvgIpc) is 2.26.